The summed E-state index contributed by atoms with van der Waals surface area (Å²) in [5.41, 5.74) is 0. The quantitative estimate of drug-likeness (QED) is 0.422. The second-order valence-corrected chi connectivity index (χ2v) is 6.35. The number of hydrogen-bond acceptors (Lipinski definition) is 5. The molecule has 2 aliphatic heterocycles. The third-order valence-corrected chi connectivity index (χ3v) is 4.69. The average Bonchev–Trinajstić information content (AvgIpc) is 3.27. The normalized spacial score (nSPS) is 30.4. The van der Waals surface area contributed by atoms with Crippen molar-refractivity contribution >= 4 is 24.1 Å². The third kappa shape index (κ3) is 8.32. The summed E-state index contributed by atoms with van der Waals surface area (Å²) in [6.45, 7) is 1.82. The lowest BCUT2D eigenvalue weighted by molar-refractivity contribution is 0.424. The van der Waals surface area contributed by atoms with Gasteiger partial charge in [-0.3, -0.25) is 0 Å². The van der Waals surface area contributed by atoms with Gasteiger partial charge < -0.3 is 9.47 Å². The highest BCUT2D eigenvalue weighted by atomic mass is 32.2. The van der Waals surface area contributed by atoms with Crippen molar-refractivity contribution in [2.75, 3.05) is 24.7 Å². The van der Waals surface area contributed by atoms with E-state index in [0.29, 0.717) is 12.2 Å². The summed E-state index contributed by atoms with van der Waals surface area (Å²) >= 11 is 2.95. The van der Waals surface area contributed by atoms with Crippen LogP contribution in [0.4, 0.5) is 0 Å². The second-order valence-electron chi connectivity index (χ2n) is 4.67. The van der Waals surface area contributed by atoms with E-state index in [1.807, 2.05) is 0 Å². The Morgan fingerprint density at radius 1 is 0.765 bits per heavy atom. The summed E-state index contributed by atoms with van der Waals surface area (Å²) in [5, 5.41) is 0. The number of hydrogen-bond donors (Lipinski definition) is 0. The molecule has 0 amide bonds. The predicted octanol–water partition coefficient (Wildman–Crippen LogP) is 3.44. The minimum absolute atomic E-state index is 0.456. The van der Waals surface area contributed by atoms with Crippen molar-refractivity contribution in [3.05, 3.63) is 0 Å². The van der Waals surface area contributed by atoms with Crippen LogP contribution in [0.15, 0.2) is 0 Å². The van der Waals surface area contributed by atoms with Gasteiger partial charge in [0.25, 0.3) is 0 Å². The van der Waals surface area contributed by atoms with E-state index in [1.165, 1.54) is 62.6 Å². The Bertz CT molecular complexity index is 167. The van der Waals surface area contributed by atoms with Crippen molar-refractivity contribution in [3.8, 4) is 0 Å². The zero-order valence-electron chi connectivity index (χ0n) is 10.3. The molecule has 5 heteroatoms. The Morgan fingerprint density at radius 2 is 1.12 bits per heavy atom. The van der Waals surface area contributed by atoms with Crippen molar-refractivity contribution in [3.63, 3.8) is 0 Å². The number of rotatable bonds is 6. The molecule has 0 aromatic carbocycles. The molecule has 3 nitrogen and oxygen atoms in total. The molecule has 0 N–H and O–H groups in total. The summed E-state index contributed by atoms with van der Waals surface area (Å²) in [5.74, 6) is 1.91. The van der Waals surface area contributed by atoms with Gasteiger partial charge in [-0.15, -0.1) is 0 Å². The maximum Gasteiger partial charge on any atom is 0.0922 e. The van der Waals surface area contributed by atoms with E-state index in [1.54, 1.807) is 0 Å². The lowest BCUT2D eigenvalue weighted by Gasteiger charge is -2.05. The standard InChI is InChI=1S/C6H10O3S2.C6H12/c1-5(7-1)3-10-9-11-4-6-2-8-6;1-2-4-6-5-3-1/h5-6H,1-4H2;1-6H2. The van der Waals surface area contributed by atoms with E-state index in [9.17, 15) is 0 Å². The van der Waals surface area contributed by atoms with Gasteiger partial charge in [0.2, 0.25) is 0 Å². The van der Waals surface area contributed by atoms with E-state index in [0.717, 1.165) is 24.7 Å². The molecule has 0 bridgehead atoms. The van der Waals surface area contributed by atoms with Crippen molar-refractivity contribution in [2.24, 2.45) is 0 Å². The average molecular weight is 278 g/mol. The van der Waals surface area contributed by atoms with Crippen molar-refractivity contribution in [1.82, 2.24) is 0 Å². The molecule has 0 spiro atoms. The first-order chi connectivity index (χ1) is 8.45. The fourth-order valence-electron chi connectivity index (χ4n) is 1.63. The van der Waals surface area contributed by atoms with E-state index in [4.69, 9.17) is 13.1 Å². The topological polar surface area (TPSA) is 34.3 Å². The minimum atomic E-state index is 0.456. The van der Waals surface area contributed by atoms with Gasteiger partial charge in [0.05, 0.1) is 25.4 Å². The van der Waals surface area contributed by atoms with Crippen LogP contribution in [-0.4, -0.2) is 36.9 Å². The van der Waals surface area contributed by atoms with Gasteiger partial charge in [-0.2, -0.15) is 0 Å². The molecule has 3 fully saturated rings. The molecular weight excluding hydrogens is 256 g/mol. The van der Waals surface area contributed by atoms with Crippen LogP contribution >= 0.6 is 24.1 Å². The van der Waals surface area contributed by atoms with Gasteiger partial charge in [-0.05, 0) is 0 Å². The molecule has 2 atom stereocenters. The van der Waals surface area contributed by atoms with Crippen LogP contribution in [0.5, 0.6) is 0 Å². The van der Waals surface area contributed by atoms with Crippen LogP contribution in [0.3, 0.4) is 0 Å². The Hall–Kier alpha value is 0.580. The molecule has 1 saturated carbocycles. The molecule has 1 aliphatic carbocycles. The van der Waals surface area contributed by atoms with Crippen molar-refractivity contribution in [2.45, 2.75) is 50.7 Å². The van der Waals surface area contributed by atoms with Crippen LogP contribution < -0.4 is 0 Å². The van der Waals surface area contributed by atoms with E-state index in [-0.39, 0.29) is 0 Å². The van der Waals surface area contributed by atoms with Crippen molar-refractivity contribution < 1.29 is 13.1 Å². The molecule has 17 heavy (non-hydrogen) atoms. The van der Waals surface area contributed by atoms with Gasteiger partial charge in [-0.1, -0.05) is 38.5 Å². The SMILES string of the molecule is C1CCCCC1.C1OC1CSOSCC1CO1. The van der Waals surface area contributed by atoms with Crippen LogP contribution in [0.25, 0.3) is 0 Å². The van der Waals surface area contributed by atoms with E-state index in [2.05, 4.69) is 0 Å². The smallest absolute Gasteiger partial charge is 0.0922 e. The first kappa shape index (κ1) is 14.0. The highest BCUT2D eigenvalue weighted by Gasteiger charge is 2.24. The number of epoxide rings is 2. The van der Waals surface area contributed by atoms with Gasteiger partial charge in [-0.25, -0.2) is 3.63 Å². The minimum Gasteiger partial charge on any atom is -0.372 e. The Morgan fingerprint density at radius 3 is 1.41 bits per heavy atom. The monoisotopic (exact) mass is 278 g/mol. The molecule has 2 unspecified atom stereocenters. The molecule has 2 heterocycles. The maximum absolute atomic E-state index is 5.21. The lowest BCUT2D eigenvalue weighted by atomic mass is 10.0. The lowest BCUT2D eigenvalue weighted by Crippen LogP contribution is -1.91. The van der Waals surface area contributed by atoms with E-state index >= 15 is 0 Å². The largest absolute Gasteiger partial charge is 0.372 e. The van der Waals surface area contributed by atoms with Gasteiger partial charge >= 0.3 is 0 Å². The van der Waals surface area contributed by atoms with Crippen molar-refractivity contribution in [1.29, 1.82) is 0 Å². The fraction of sp³-hybridized carbons (Fsp3) is 1.00. The summed E-state index contributed by atoms with van der Waals surface area (Å²) < 4.78 is 15.2. The molecular formula is C12H22O3S2. The highest BCUT2D eigenvalue weighted by Crippen LogP contribution is 2.24. The Kier molecular flexibility index (Phi) is 7.12. The Labute approximate surface area is 113 Å². The third-order valence-electron chi connectivity index (χ3n) is 2.91. The molecule has 0 radical (unpaired) electrons. The van der Waals surface area contributed by atoms with E-state index < -0.39 is 0 Å². The first-order valence-corrected chi connectivity index (χ1v) is 8.41. The highest BCUT2D eigenvalue weighted by molar-refractivity contribution is 8.07. The van der Waals surface area contributed by atoms with Gasteiger partial charge in [0.15, 0.2) is 0 Å². The molecule has 0 aromatic rings. The van der Waals surface area contributed by atoms with Gasteiger partial charge in [0.1, 0.15) is 0 Å². The van der Waals surface area contributed by atoms with Crippen LogP contribution in [0, 0.1) is 0 Å². The molecule has 100 valence electrons. The first-order valence-electron chi connectivity index (χ1n) is 6.59. The summed E-state index contributed by atoms with van der Waals surface area (Å²) in [4.78, 5) is 0. The zero-order chi connectivity index (χ0) is 11.8. The second kappa shape index (κ2) is 8.64. The molecule has 3 aliphatic rings. The Balaban J connectivity index is 0.000000153. The number of ether oxygens (including phenoxy) is 2. The van der Waals surface area contributed by atoms with Gasteiger partial charge in [0, 0.05) is 35.6 Å². The zero-order valence-corrected chi connectivity index (χ0v) is 11.9. The summed E-state index contributed by atoms with van der Waals surface area (Å²) in [7, 11) is 0. The fourth-order valence-corrected chi connectivity index (χ4v) is 3.04. The molecule has 2 saturated heterocycles. The predicted molar refractivity (Wildman–Crippen MR) is 73.2 cm³/mol. The van der Waals surface area contributed by atoms with Crippen LogP contribution in [-0.2, 0) is 13.1 Å². The maximum atomic E-state index is 5.21. The van der Waals surface area contributed by atoms with Crippen LogP contribution in [0.1, 0.15) is 38.5 Å². The summed E-state index contributed by atoms with van der Waals surface area (Å²) in [6.07, 6.45) is 9.91. The summed E-state index contributed by atoms with van der Waals surface area (Å²) in [6, 6.07) is 0. The molecule has 0 aromatic heterocycles. The molecule has 3 rings (SSSR count). The van der Waals surface area contributed by atoms with Crippen LogP contribution in [0.2, 0.25) is 0 Å².